The minimum atomic E-state index is -0.195. The third-order valence-corrected chi connectivity index (χ3v) is 2.51. The number of hydrogen-bond donors (Lipinski definition) is 1. The van der Waals surface area contributed by atoms with Crippen LogP contribution >= 0.6 is 12.2 Å². The smallest absolute Gasteiger partial charge is 0.303 e. The van der Waals surface area contributed by atoms with Crippen LogP contribution < -0.4 is 5.69 Å². The minimum Gasteiger partial charge on any atom is -0.303 e. The molecule has 2 aromatic rings. The van der Waals surface area contributed by atoms with Crippen LogP contribution in [0.2, 0.25) is 0 Å². The molecule has 0 atom stereocenters. The molecule has 0 amide bonds. The first-order valence-electron chi connectivity index (χ1n) is 4.54. The Morgan fingerprint density at radius 2 is 1.93 bits per heavy atom. The highest BCUT2D eigenvalue weighted by Crippen LogP contribution is 2.17. The quantitative estimate of drug-likeness (QED) is 0.744. The van der Waals surface area contributed by atoms with Gasteiger partial charge in [-0.1, -0.05) is 42.5 Å². The molecule has 0 saturated heterocycles. The van der Waals surface area contributed by atoms with Crippen LogP contribution in [-0.4, -0.2) is 9.55 Å². The lowest BCUT2D eigenvalue weighted by Crippen LogP contribution is -2.19. The molecule has 0 aliphatic rings. The fourth-order valence-corrected chi connectivity index (χ4v) is 1.64. The molecule has 0 spiro atoms. The maximum absolute atomic E-state index is 11.3. The van der Waals surface area contributed by atoms with Crippen LogP contribution in [0.1, 0.15) is 0 Å². The summed E-state index contributed by atoms with van der Waals surface area (Å²) in [4.78, 5) is 13.9. The molecule has 4 heteroatoms. The van der Waals surface area contributed by atoms with E-state index in [2.05, 4.69) is 4.98 Å². The lowest BCUT2D eigenvalue weighted by molar-refractivity contribution is 0.809. The van der Waals surface area contributed by atoms with Gasteiger partial charge in [0.25, 0.3) is 0 Å². The van der Waals surface area contributed by atoms with Gasteiger partial charge in [-0.2, -0.15) is 0 Å². The van der Waals surface area contributed by atoms with E-state index in [1.54, 1.807) is 13.2 Å². The molecule has 1 aromatic heterocycles. The summed E-state index contributed by atoms with van der Waals surface area (Å²) in [7, 11) is 1.69. The van der Waals surface area contributed by atoms with Gasteiger partial charge in [-0.15, -0.1) is 0 Å². The monoisotopic (exact) mass is 218 g/mol. The number of aromatic amines is 1. The van der Waals surface area contributed by atoms with Crippen LogP contribution in [0.5, 0.6) is 0 Å². The van der Waals surface area contributed by atoms with E-state index in [1.165, 1.54) is 4.57 Å². The van der Waals surface area contributed by atoms with E-state index < -0.39 is 0 Å². The van der Waals surface area contributed by atoms with E-state index >= 15 is 0 Å². The first kappa shape index (κ1) is 9.86. The van der Waals surface area contributed by atoms with Crippen LogP contribution in [0, 0.1) is 4.64 Å². The van der Waals surface area contributed by atoms with E-state index in [0.717, 1.165) is 11.1 Å². The number of aryl methyl sites for hydroxylation is 1. The van der Waals surface area contributed by atoms with E-state index in [-0.39, 0.29) is 5.69 Å². The summed E-state index contributed by atoms with van der Waals surface area (Å²) in [6, 6.07) is 9.75. The Morgan fingerprint density at radius 1 is 1.27 bits per heavy atom. The average molecular weight is 218 g/mol. The van der Waals surface area contributed by atoms with Crippen LogP contribution in [-0.2, 0) is 7.05 Å². The molecule has 3 nitrogen and oxygen atoms in total. The number of rotatable bonds is 1. The molecule has 1 heterocycles. The van der Waals surface area contributed by atoms with Crippen molar-refractivity contribution < 1.29 is 0 Å². The zero-order valence-corrected chi connectivity index (χ0v) is 9.04. The Hall–Kier alpha value is -1.68. The summed E-state index contributed by atoms with van der Waals surface area (Å²) in [5.74, 6) is 0. The van der Waals surface area contributed by atoms with Gasteiger partial charge in [-0.3, -0.25) is 4.98 Å². The zero-order valence-electron chi connectivity index (χ0n) is 8.23. The maximum atomic E-state index is 11.3. The molecule has 1 N–H and O–H groups in total. The van der Waals surface area contributed by atoms with E-state index in [0.29, 0.717) is 4.64 Å². The largest absolute Gasteiger partial charge is 0.326 e. The highest BCUT2D eigenvalue weighted by atomic mass is 32.1. The van der Waals surface area contributed by atoms with Gasteiger partial charge in [0.15, 0.2) is 0 Å². The molecule has 0 bridgehead atoms. The van der Waals surface area contributed by atoms with Crippen LogP contribution in [0.25, 0.3) is 11.1 Å². The van der Waals surface area contributed by atoms with Crippen LogP contribution in [0.15, 0.2) is 41.3 Å². The predicted octanol–water partition coefficient (Wildman–Crippen LogP) is 2.11. The highest BCUT2D eigenvalue weighted by Gasteiger charge is 2.01. The van der Waals surface area contributed by atoms with Crippen LogP contribution in [0.3, 0.4) is 0 Å². The fourth-order valence-electron chi connectivity index (χ4n) is 1.39. The third kappa shape index (κ3) is 1.89. The van der Waals surface area contributed by atoms with Crippen molar-refractivity contribution in [2.24, 2.45) is 7.05 Å². The van der Waals surface area contributed by atoms with Crippen molar-refractivity contribution in [1.82, 2.24) is 9.55 Å². The van der Waals surface area contributed by atoms with Gasteiger partial charge in [0, 0.05) is 18.8 Å². The summed E-state index contributed by atoms with van der Waals surface area (Å²) in [5, 5.41) is 0. The second-order valence-electron chi connectivity index (χ2n) is 3.28. The van der Waals surface area contributed by atoms with Crippen molar-refractivity contribution in [2.75, 3.05) is 0 Å². The summed E-state index contributed by atoms with van der Waals surface area (Å²) < 4.78 is 1.96. The number of nitrogens with zero attached hydrogens (tertiary/aromatic N) is 1. The van der Waals surface area contributed by atoms with Crippen molar-refractivity contribution in [1.29, 1.82) is 0 Å². The Balaban J connectivity index is 2.70. The molecule has 0 unspecified atom stereocenters. The predicted molar refractivity (Wildman–Crippen MR) is 62.3 cm³/mol. The van der Waals surface area contributed by atoms with E-state index in [1.807, 2.05) is 30.3 Å². The van der Waals surface area contributed by atoms with E-state index in [9.17, 15) is 4.79 Å². The summed E-state index contributed by atoms with van der Waals surface area (Å²) in [6.45, 7) is 0. The molecule has 2 rings (SSSR count). The van der Waals surface area contributed by atoms with Gasteiger partial charge in [0.05, 0.1) is 0 Å². The van der Waals surface area contributed by atoms with Crippen molar-refractivity contribution >= 4 is 12.2 Å². The fraction of sp³-hybridized carbons (Fsp3) is 0.0909. The lowest BCUT2D eigenvalue weighted by Gasteiger charge is -2.03. The molecule has 15 heavy (non-hydrogen) atoms. The molecule has 0 aliphatic heterocycles. The number of hydrogen-bond acceptors (Lipinski definition) is 2. The van der Waals surface area contributed by atoms with Crippen molar-refractivity contribution in [3.05, 3.63) is 51.7 Å². The Labute approximate surface area is 92.0 Å². The minimum absolute atomic E-state index is 0.195. The summed E-state index contributed by atoms with van der Waals surface area (Å²) in [5.41, 5.74) is 1.68. The molecule has 0 saturated carbocycles. The molecule has 0 aliphatic carbocycles. The SMILES string of the molecule is Cn1cc(-c2ccccc2)c(=S)[nH]c1=O. The number of nitrogens with one attached hydrogen (secondary N) is 1. The van der Waals surface area contributed by atoms with Crippen molar-refractivity contribution in [3.63, 3.8) is 0 Å². The summed E-state index contributed by atoms with van der Waals surface area (Å²) in [6.07, 6.45) is 1.75. The molecule has 76 valence electrons. The second-order valence-corrected chi connectivity index (χ2v) is 3.69. The lowest BCUT2D eigenvalue weighted by atomic mass is 10.1. The molecule has 0 radical (unpaired) electrons. The first-order chi connectivity index (χ1) is 7.18. The van der Waals surface area contributed by atoms with Crippen molar-refractivity contribution in [3.8, 4) is 11.1 Å². The molecule has 1 aromatic carbocycles. The highest BCUT2D eigenvalue weighted by molar-refractivity contribution is 7.71. The second kappa shape index (κ2) is 3.82. The van der Waals surface area contributed by atoms with Gasteiger partial charge in [-0.05, 0) is 5.56 Å². The zero-order chi connectivity index (χ0) is 10.8. The topological polar surface area (TPSA) is 37.8 Å². The number of aromatic nitrogens is 2. The maximum Gasteiger partial charge on any atom is 0.326 e. The molecular formula is C11H10N2OS. The average Bonchev–Trinajstić information content (AvgIpc) is 2.25. The number of benzene rings is 1. The summed E-state index contributed by atoms with van der Waals surface area (Å²) >= 11 is 5.11. The Bertz CT molecular complexity index is 584. The normalized spacial score (nSPS) is 10.2. The van der Waals surface area contributed by atoms with Crippen LogP contribution in [0.4, 0.5) is 0 Å². The van der Waals surface area contributed by atoms with Crippen molar-refractivity contribution in [2.45, 2.75) is 0 Å². The van der Waals surface area contributed by atoms with Gasteiger partial charge < -0.3 is 4.57 Å². The first-order valence-corrected chi connectivity index (χ1v) is 4.94. The van der Waals surface area contributed by atoms with Gasteiger partial charge >= 0.3 is 5.69 Å². The van der Waals surface area contributed by atoms with Gasteiger partial charge in [0.2, 0.25) is 0 Å². The molecular weight excluding hydrogens is 208 g/mol. The third-order valence-electron chi connectivity index (χ3n) is 2.19. The van der Waals surface area contributed by atoms with Gasteiger partial charge in [-0.25, -0.2) is 4.79 Å². The van der Waals surface area contributed by atoms with E-state index in [4.69, 9.17) is 12.2 Å². The molecule has 0 fully saturated rings. The Morgan fingerprint density at radius 3 is 2.60 bits per heavy atom. The van der Waals surface area contributed by atoms with Gasteiger partial charge in [0.1, 0.15) is 4.64 Å². The number of H-pyrrole nitrogens is 1. The standard InChI is InChI=1S/C11H10N2OS/c1-13-7-9(10(15)12-11(13)14)8-5-3-2-4-6-8/h2-7H,1H3,(H,12,14,15). The Kier molecular flexibility index (Phi) is 2.51.